The third-order valence-electron chi connectivity index (χ3n) is 3.48. The summed E-state index contributed by atoms with van der Waals surface area (Å²) in [4.78, 5) is 12.1. The molecule has 6 heteroatoms. The molecule has 0 unspecified atom stereocenters. The van der Waals surface area contributed by atoms with E-state index in [0.717, 1.165) is 5.69 Å². The number of rotatable bonds is 3. The molecule has 114 valence electrons. The van der Waals surface area contributed by atoms with Crippen LogP contribution in [0, 0.1) is 35.4 Å². The Labute approximate surface area is 132 Å². The van der Waals surface area contributed by atoms with Crippen molar-refractivity contribution < 1.29 is 9.18 Å². The van der Waals surface area contributed by atoms with Gasteiger partial charge < -0.3 is 9.88 Å². The molecule has 0 spiro atoms. The normalized spacial score (nSPS) is 10.7. The van der Waals surface area contributed by atoms with E-state index in [1.807, 2.05) is 6.07 Å². The highest BCUT2D eigenvalue weighted by Gasteiger charge is 2.14. The number of para-hydroxylation sites is 1. The van der Waals surface area contributed by atoms with Crippen LogP contribution in [0.4, 0.5) is 10.1 Å². The highest BCUT2D eigenvalue weighted by molar-refractivity contribution is 6.09. The summed E-state index contributed by atoms with van der Waals surface area (Å²) in [5.41, 5.74) is 1.57. The Hall–Kier alpha value is -3.38. The number of anilines is 1. The van der Waals surface area contributed by atoms with Crippen LogP contribution in [0.3, 0.4) is 0 Å². The zero-order chi connectivity index (χ0) is 17.0. The zero-order valence-corrected chi connectivity index (χ0v) is 12.6. The third-order valence-corrected chi connectivity index (χ3v) is 3.48. The van der Waals surface area contributed by atoms with Crippen molar-refractivity contribution in [3.63, 3.8) is 0 Å². The maximum atomic E-state index is 13.6. The molecule has 0 aliphatic heterocycles. The predicted molar refractivity (Wildman–Crippen MR) is 83.5 cm³/mol. The highest BCUT2D eigenvalue weighted by Crippen LogP contribution is 2.18. The molecule has 2 rings (SSSR count). The standard InChI is InChI=1S/C17H13FN4O/c1-11-12(8-14(10-20)22(11)2)7-13(9-19)17(23)21-16-6-4-3-5-15(16)18/h3-8H,1-2H3,(H,21,23)/b13-7+. The maximum absolute atomic E-state index is 13.6. The molecule has 1 heterocycles. The lowest BCUT2D eigenvalue weighted by Gasteiger charge is -2.05. The summed E-state index contributed by atoms with van der Waals surface area (Å²) in [7, 11) is 1.72. The summed E-state index contributed by atoms with van der Waals surface area (Å²) in [6, 6.07) is 11.1. The summed E-state index contributed by atoms with van der Waals surface area (Å²) in [5, 5.41) is 20.5. The Balaban J connectivity index is 2.33. The summed E-state index contributed by atoms with van der Waals surface area (Å²) in [5.74, 6) is -1.29. The second kappa shape index (κ2) is 6.59. The maximum Gasteiger partial charge on any atom is 0.266 e. The van der Waals surface area contributed by atoms with Gasteiger partial charge in [0, 0.05) is 12.7 Å². The largest absolute Gasteiger partial charge is 0.339 e. The van der Waals surface area contributed by atoms with Crippen molar-refractivity contribution >= 4 is 17.7 Å². The smallest absolute Gasteiger partial charge is 0.266 e. The second-order valence-electron chi connectivity index (χ2n) is 4.84. The molecule has 0 saturated heterocycles. The third kappa shape index (κ3) is 3.28. The van der Waals surface area contributed by atoms with E-state index >= 15 is 0 Å². The van der Waals surface area contributed by atoms with E-state index in [4.69, 9.17) is 5.26 Å². The summed E-state index contributed by atoms with van der Waals surface area (Å²) < 4.78 is 15.2. The molecule has 0 bridgehead atoms. The van der Waals surface area contributed by atoms with Crippen molar-refractivity contribution in [2.75, 3.05) is 5.32 Å². The number of benzene rings is 1. The summed E-state index contributed by atoms with van der Waals surface area (Å²) >= 11 is 0. The molecule has 0 aliphatic rings. The number of halogens is 1. The molecule has 0 radical (unpaired) electrons. The van der Waals surface area contributed by atoms with Gasteiger partial charge >= 0.3 is 0 Å². The number of hydrogen-bond donors (Lipinski definition) is 1. The lowest BCUT2D eigenvalue weighted by molar-refractivity contribution is -0.112. The molecular weight excluding hydrogens is 295 g/mol. The van der Waals surface area contributed by atoms with Crippen LogP contribution < -0.4 is 5.32 Å². The number of carbonyl (C=O) groups excluding carboxylic acids is 1. The van der Waals surface area contributed by atoms with E-state index in [2.05, 4.69) is 5.32 Å². The van der Waals surface area contributed by atoms with Crippen LogP contribution in [0.25, 0.3) is 6.08 Å². The van der Waals surface area contributed by atoms with Crippen molar-refractivity contribution in [3.8, 4) is 12.1 Å². The number of hydrogen-bond acceptors (Lipinski definition) is 3. The van der Waals surface area contributed by atoms with Crippen LogP contribution in [0.2, 0.25) is 0 Å². The van der Waals surface area contributed by atoms with Gasteiger partial charge in [0.25, 0.3) is 5.91 Å². The molecular formula is C17H13FN4O. The molecule has 1 aromatic carbocycles. The van der Waals surface area contributed by atoms with E-state index in [0.29, 0.717) is 11.3 Å². The number of nitrogens with one attached hydrogen (secondary N) is 1. The first-order chi connectivity index (χ1) is 11.0. The number of nitrogens with zero attached hydrogens (tertiary/aromatic N) is 3. The minimum absolute atomic E-state index is 0.00106. The van der Waals surface area contributed by atoms with Gasteiger partial charge in [-0.3, -0.25) is 4.79 Å². The van der Waals surface area contributed by atoms with Crippen molar-refractivity contribution in [2.45, 2.75) is 6.92 Å². The van der Waals surface area contributed by atoms with Crippen LogP contribution in [-0.4, -0.2) is 10.5 Å². The van der Waals surface area contributed by atoms with Gasteiger partial charge in [-0.25, -0.2) is 4.39 Å². The van der Waals surface area contributed by atoms with Crippen molar-refractivity contribution in [1.82, 2.24) is 4.57 Å². The molecule has 0 saturated carbocycles. The monoisotopic (exact) mass is 308 g/mol. The van der Waals surface area contributed by atoms with Gasteiger partial charge in [-0.2, -0.15) is 10.5 Å². The highest BCUT2D eigenvalue weighted by atomic mass is 19.1. The van der Waals surface area contributed by atoms with Gasteiger partial charge in [-0.15, -0.1) is 0 Å². The minimum Gasteiger partial charge on any atom is -0.339 e. The van der Waals surface area contributed by atoms with E-state index in [1.54, 1.807) is 36.7 Å². The van der Waals surface area contributed by atoms with Gasteiger partial charge in [0.15, 0.2) is 0 Å². The van der Waals surface area contributed by atoms with Crippen LogP contribution in [-0.2, 0) is 11.8 Å². The fourth-order valence-corrected chi connectivity index (χ4v) is 2.03. The molecule has 23 heavy (non-hydrogen) atoms. The lowest BCUT2D eigenvalue weighted by Crippen LogP contribution is -2.14. The molecule has 0 aliphatic carbocycles. The minimum atomic E-state index is -0.709. The molecule has 1 amide bonds. The number of aromatic nitrogens is 1. The molecule has 1 N–H and O–H groups in total. The first kappa shape index (κ1) is 16.0. The van der Waals surface area contributed by atoms with Gasteiger partial charge in [0.2, 0.25) is 0 Å². The van der Waals surface area contributed by atoms with E-state index in [-0.39, 0.29) is 11.3 Å². The van der Waals surface area contributed by atoms with Crippen molar-refractivity contribution in [1.29, 1.82) is 10.5 Å². The Morgan fingerprint density at radius 1 is 1.35 bits per heavy atom. The topological polar surface area (TPSA) is 81.6 Å². The quantitative estimate of drug-likeness (QED) is 0.699. The van der Waals surface area contributed by atoms with E-state index in [9.17, 15) is 14.4 Å². The van der Waals surface area contributed by atoms with Crippen LogP contribution in [0.5, 0.6) is 0 Å². The van der Waals surface area contributed by atoms with Crippen molar-refractivity contribution in [3.05, 3.63) is 58.7 Å². The molecule has 0 atom stereocenters. The van der Waals surface area contributed by atoms with E-state index < -0.39 is 11.7 Å². The van der Waals surface area contributed by atoms with Crippen molar-refractivity contribution in [2.24, 2.45) is 7.05 Å². The lowest BCUT2D eigenvalue weighted by atomic mass is 10.1. The first-order valence-electron chi connectivity index (χ1n) is 6.72. The summed E-state index contributed by atoms with van der Waals surface area (Å²) in [6.07, 6.45) is 1.38. The Bertz CT molecular complexity index is 881. The van der Waals surface area contributed by atoms with E-state index in [1.165, 1.54) is 24.3 Å². The molecule has 1 aromatic heterocycles. The Morgan fingerprint density at radius 3 is 2.61 bits per heavy atom. The van der Waals surface area contributed by atoms with Crippen LogP contribution in [0.15, 0.2) is 35.9 Å². The Morgan fingerprint density at radius 2 is 2.04 bits per heavy atom. The number of nitriles is 2. The SMILES string of the molecule is Cc1c(/C=C(\C#N)C(=O)Nc2ccccc2F)cc(C#N)n1C. The molecule has 5 nitrogen and oxygen atoms in total. The first-order valence-corrected chi connectivity index (χ1v) is 6.72. The van der Waals surface area contributed by atoms with Gasteiger partial charge in [0.1, 0.15) is 29.2 Å². The van der Waals surface area contributed by atoms with Crippen LogP contribution >= 0.6 is 0 Å². The molecule has 0 fully saturated rings. The average molecular weight is 308 g/mol. The number of carbonyl (C=O) groups is 1. The fraction of sp³-hybridized carbons (Fsp3) is 0.118. The van der Waals surface area contributed by atoms with Crippen LogP contribution in [0.1, 0.15) is 17.0 Å². The van der Waals surface area contributed by atoms with Gasteiger partial charge in [-0.1, -0.05) is 12.1 Å². The predicted octanol–water partition coefficient (Wildman–Crippen LogP) is 2.89. The molecule has 2 aromatic rings. The fourth-order valence-electron chi connectivity index (χ4n) is 2.03. The van der Waals surface area contributed by atoms with Gasteiger partial charge in [0.05, 0.1) is 5.69 Å². The zero-order valence-electron chi connectivity index (χ0n) is 12.6. The average Bonchev–Trinajstić information content (AvgIpc) is 2.82. The van der Waals surface area contributed by atoms with Gasteiger partial charge in [-0.05, 0) is 36.8 Å². The Kier molecular flexibility index (Phi) is 4.58. The second-order valence-corrected chi connectivity index (χ2v) is 4.84. The number of amides is 1. The summed E-state index contributed by atoms with van der Waals surface area (Å²) in [6.45, 7) is 1.77.